The number of nitrogens with one attached hydrogen (secondary N) is 1. The quantitative estimate of drug-likeness (QED) is 0.878. The van der Waals surface area contributed by atoms with Gasteiger partial charge in [-0.05, 0) is 25.5 Å². The maximum atomic E-state index is 12.5. The van der Waals surface area contributed by atoms with Gasteiger partial charge in [0.15, 0.2) is 0 Å². The van der Waals surface area contributed by atoms with Crippen molar-refractivity contribution in [1.29, 1.82) is 0 Å². The molecule has 1 aromatic heterocycles. The Kier molecular flexibility index (Phi) is 5.00. The summed E-state index contributed by atoms with van der Waals surface area (Å²) in [6.07, 6.45) is 4.26. The van der Waals surface area contributed by atoms with Crippen LogP contribution in [0.1, 0.15) is 37.5 Å². The second-order valence-electron chi connectivity index (χ2n) is 4.99. The molecule has 0 aliphatic heterocycles. The van der Waals surface area contributed by atoms with Gasteiger partial charge in [-0.15, -0.1) is 11.3 Å². The third-order valence-corrected chi connectivity index (χ3v) is 6.67. The molecule has 6 heteroatoms. The van der Waals surface area contributed by atoms with Gasteiger partial charge in [0.05, 0.1) is 4.90 Å². The van der Waals surface area contributed by atoms with E-state index >= 15 is 0 Å². The van der Waals surface area contributed by atoms with Crippen LogP contribution in [0.2, 0.25) is 0 Å². The fourth-order valence-corrected chi connectivity index (χ4v) is 5.12. The number of rotatable bonds is 6. The number of hydrogen-bond donors (Lipinski definition) is 1. The summed E-state index contributed by atoms with van der Waals surface area (Å²) in [7, 11) is -1.60. The first-order valence-electron chi connectivity index (χ1n) is 6.82. The molecule has 0 spiro atoms. The Bertz CT molecular complexity index is 504. The number of hydrogen-bond acceptors (Lipinski definition) is 4. The van der Waals surface area contributed by atoms with Crippen molar-refractivity contribution in [1.82, 2.24) is 9.62 Å². The zero-order chi connectivity index (χ0) is 13.9. The maximum absolute atomic E-state index is 12.5. The summed E-state index contributed by atoms with van der Waals surface area (Å²) in [4.78, 5) is 1.51. The predicted octanol–water partition coefficient (Wildman–Crippen LogP) is 2.42. The van der Waals surface area contributed by atoms with E-state index in [4.69, 9.17) is 0 Å². The minimum absolute atomic E-state index is 0.183. The first kappa shape index (κ1) is 15.0. The third kappa shape index (κ3) is 3.37. The third-order valence-electron chi connectivity index (χ3n) is 3.69. The molecule has 2 rings (SSSR count). The molecule has 1 aliphatic rings. The maximum Gasteiger partial charge on any atom is 0.243 e. The molecule has 1 N–H and O–H groups in total. The van der Waals surface area contributed by atoms with Gasteiger partial charge in [0.25, 0.3) is 0 Å². The molecule has 1 heterocycles. The Morgan fingerprint density at radius 3 is 2.74 bits per heavy atom. The average molecular weight is 302 g/mol. The van der Waals surface area contributed by atoms with Gasteiger partial charge in [-0.1, -0.05) is 19.8 Å². The predicted molar refractivity (Wildman–Crippen MR) is 78.9 cm³/mol. The van der Waals surface area contributed by atoms with Crippen LogP contribution in [0.15, 0.2) is 16.3 Å². The van der Waals surface area contributed by atoms with E-state index in [1.54, 1.807) is 22.8 Å². The summed E-state index contributed by atoms with van der Waals surface area (Å²) in [6, 6.07) is 1.98. The number of thiophene rings is 1. The smallest absolute Gasteiger partial charge is 0.243 e. The van der Waals surface area contributed by atoms with Crippen molar-refractivity contribution in [2.24, 2.45) is 0 Å². The van der Waals surface area contributed by atoms with E-state index in [0.717, 1.165) is 43.6 Å². The molecular weight excluding hydrogens is 280 g/mol. The molecular formula is C13H22N2O2S2. The summed E-state index contributed by atoms with van der Waals surface area (Å²) in [5.41, 5.74) is 0. The van der Waals surface area contributed by atoms with Gasteiger partial charge in [-0.25, -0.2) is 8.42 Å². The zero-order valence-electron chi connectivity index (χ0n) is 11.6. The second-order valence-corrected chi connectivity index (χ2v) is 7.98. The van der Waals surface area contributed by atoms with E-state index in [2.05, 4.69) is 5.32 Å². The monoisotopic (exact) mass is 302 g/mol. The van der Waals surface area contributed by atoms with Gasteiger partial charge in [-0.3, -0.25) is 0 Å². The highest BCUT2D eigenvalue weighted by molar-refractivity contribution is 7.89. The van der Waals surface area contributed by atoms with Crippen LogP contribution in [0.3, 0.4) is 0 Å². The molecule has 0 saturated heterocycles. The second kappa shape index (κ2) is 6.35. The molecule has 1 aromatic rings. The molecule has 1 aliphatic carbocycles. The van der Waals surface area contributed by atoms with Crippen LogP contribution in [0.25, 0.3) is 0 Å². The van der Waals surface area contributed by atoms with Crippen molar-refractivity contribution >= 4 is 21.4 Å². The van der Waals surface area contributed by atoms with E-state index in [1.165, 1.54) is 11.3 Å². The Hall–Kier alpha value is -0.430. The summed E-state index contributed by atoms with van der Waals surface area (Å²) in [6.45, 7) is 3.67. The Morgan fingerprint density at radius 1 is 1.42 bits per heavy atom. The van der Waals surface area contributed by atoms with E-state index in [-0.39, 0.29) is 6.04 Å². The van der Waals surface area contributed by atoms with Crippen molar-refractivity contribution in [2.45, 2.75) is 50.1 Å². The van der Waals surface area contributed by atoms with Gasteiger partial charge in [0, 0.05) is 29.9 Å². The summed E-state index contributed by atoms with van der Waals surface area (Å²) < 4.78 is 26.6. The van der Waals surface area contributed by atoms with Gasteiger partial charge >= 0.3 is 0 Å². The fraction of sp³-hybridized carbons (Fsp3) is 0.692. The lowest BCUT2D eigenvalue weighted by molar-refractivity contribution is 0.373. The highest BCUT2D eigenvalue weighted by atomic mass is 32.2. The minimum atomic E-state index is -3.31. The van der Waals surface area contributed by atoms with Crippen LogP contribution >= 0.6 is 11.3 Å². The van der Waals surface area contributed by atoms with Crippen LogP contribution in [-0.2, 0) is 16.6 Å². The first-order valence-corrected chi connectivity index (χ1v) is 9.14. The zero-order valence-corrected chi connectivity index (χ0v) is 13.2. The number of sulfonamides is 1. The minimum Gasteiger partial charge on any atom is -0.312 e. The highest BCUT2D eigenvalue weighted by Crippen LogP contribution is 2.29. The van der Waals surface area contributed by atoms with E-state index in [1.807, 2.05) is 6.92 Å². The standard InChI is InChI=1S/C13H22N2O2S2/c1-3-14-9-12-8-13(10-18-12)19(16,17)15(2)11-6-4-5-7-11/h8,10-11,14H,3-7,9H2,1-2H3. The highest BCUT2D eigenvalue weighted by Gasteiger charge is 2.30. The molecule has 1 saturated carbocycles. The molecule has 0 unspecified atom stereocenters. The fourth-order valence-electron chi connectivity index (χ4n) is 2.47. The van der Waals surface area contributed by atoms with E-state index in [0.29, 0.717) is 4.90 Å². The topological polar surface area (TPSA) is 49.4 Å². The van der Waals surface area contributed by atoms with Crippen molar-refractivity contribution in [3.05, 3.63) is 16.3 Å². The van der Waals surface area contributed by atoms with Crippen LogP contribution in [0, 0.1) is 0 Å². The van der Waals surface area contributed by atoms with Crippen LogP contribution in [0.5, 0.6) is 0 Å². The van der Waals surface area contributed by atoms with Crippen molar-refractivity contribution < 1.29 is 8.42 Å². The molecule has 0 atom stereocenters. The molecule has 0 aromatic carbocycles. The van der Waals surface area contributed by atoms with Gasteiger partial charge in [0.2, 0.25) is 10.0 Å². The first-order chi connectivity index (χ1) is 9.05. The number of nitrogens with zero attached hydrogens (tertiary/aromatic N) is 1. The van der Waals surface area contributed by atoms with Gasteiger partial charge < -0.3 is 5.32 Å². The molecule has 4 nitrogen and oxygen atoms in total. The molecule has 1 fully saturated rings. The Balaban J connectivity index is 2.12. The lowest BCUT2D eigenvalue weighted by Gasteiger charge is -2.22. The average Bonchev–Trinajstić information content (AvgIpc) is 3.06. The van der Waals surface area contributed by atoms with E-state index in [9.17, 15) is 8.42 Å². The summed E-state index contributed by atoms with van der Waals surface area (Å²) >= 11 is 1.51. The van der Waals surface area contributed by atoms with Crippen LogP contribution in [-0.4, -0.2) is 32.4 Å². The molecule has 0 bridgehead atoms. The van der Waals surface area contributed by atoms with E-state index < -0.39 is 10.0 Å². The van der Waals surface area contributed by atoms with Crippen molar-refractivity contribution in [3.63, 3.8) is 0 Å². The van der Waals surface area contributed by atoms with Crippen LogP contribution < -0.4 is 5.32 Å². The lowest BCUT2D eigenvalue weighted by atomic mass is 10.3. The SMILES string of the molecule is CCNCc1cc(S(=O)(=O)N(C)C2CCCC2)cs1. The van der Waals surface area contributed by atoms with Gasteiger partial charge in [-0.2, -0.15) is 4.31 Å². The van der Waals surface area contributed by atoms with Gasteiger partial charge in [0.1, 0.15) is 0 Å². The lowest BCUT2D eigenvalue weighted by Crippen LogP contribution is -2.34. The molecule has 0 amide bonds. The van der Waals surface area contributed by atoms with Crippen molar-refractivity contribution in [3.8, 4) is 0 Å². The Labute approximate surface area is 119 Å². The van der Waals surface area contributed by atoms with Crippen molar-refractivity contribution in [2.75, 3.05) is 13.6 Å². The summed E-state index contributed by atoms with van der Waals surface area (Å²) in [5.74, 6) is 0. The van der Waals surface area contributed by atoms with Crippen LogP contribution in [0.4, 0.5) is 0 Å². The normalized spacial score (nSPS) is 17.4. The Morgan fingerprint density at radius 2 is 2.11 bits per heavy atom. The molecule has 108 valence electrons. The molecule has 19 heavy (non-hydrogen) atoms. The molecule has 0 radical (unpaired) electrons. The largest absolute Gasteiger partial charge is 0.312 e. The summed E-state index contributed by atoms with van der Waals surface area (Å²) in [5, 5.41) is 4.97.